The molecule has 140 valence electrons. The first-order valence-electron chi connectivity index (χ1n) is 8.57. The summed E-state index contributed by atoms with van der Waals surface area (Å²) in [5.41, 5.74) is 6.48. The first-order chi connectivity index (χ1) is 12.5. The number of fused-ring (bicyclic) bond motifs is 1. The van der Waals surface area contributed by atoms with Gasteiger partial charge in [0.15, 0.2) is 16.7 Å². The summed E-state index contributed by atoms with van der Waals surface area (Å²) in [6, 6.07) is 0. The molecule has 2 aromatic rings. The monoisotopic (exact) mass is 419 g/mol. The minimum atomic E-state index is -1.06. The van der Waals surface area contributed by atoms with Gasteiger partial charge in [-0.3, -0.25) is 9.59 Å². The molecule has 1 saturated heterocycles. The van der Waals surface area contributed by atoms with Crippen molar-refractivity contribution in [1.82, 2.24) is 19.5 Å². The fourth-order valence-electron chi connectivity index (χ4n) is 3.51. The van der Waals surface area contributed by atoms with Crippen molar-refractivity contribution in [2.24, 2.45) is 5.92 Å². The number of aromatic nitrogens is 4. The van der Waals surface area contributed by atoms with Gasteiger partial charge in [-0.1, -0.05) is 18.0 Å². The summed E-state index contributed by atoms with van der Waals surface area (Å²) in [4.78, 5) is 36.9. The first kappa shape index (κ1) is 20.9. The third-order valence-corrected chi connectivity index (χ3v) is 5.12. The van der Waals surface area contributed by atoms with Gasteiger partial charge in [0.1, 0.15) is 5.52 Å². The fourth-order valence-corrected chi connectivity index (χ4v) is 3.73. The van der Waals surface area contributed by atoms with Gasteiger partial charge in [-0.2, -0.15) is 9.97 Å². The third kappa shape index (κ3) is 4.15. The molecule has 2 fully saturated rings. The van der Waals surface area contributed by atoms with Gasteiger partial charge in [0.25, 0.3) is 5.79 Å². The summed E-state index contributed by atoms with van der Waals surface area (Å²) in [7, 11) is 0. The summed E-state index contributed by atoms with van der Waals surface area (Å²) in [6.07, 6.45) is 5.69. The van der Waals surface area contributed by atoms with E-state index in [1.54, 1.807) is 4.57 Å². The Morgan fingerprint density at radius 2 is 1.85 bits per heavy atom. The Morgan fingerprint density at radius 3 is 2.52 bits per heavy atom. The minimum absolute atomic E-state index is 0. The van der Waals surface area contributed by atoms with Crippen molar-refractivity contribution in [2.45, 2.75) is 50.9 Å². The molecular formula is C16H19ClKN5O4. The van der Waals surface area contributed by atoms with Crippen LogP contribution in [-0.2, 0) is 25.6 Å². The van der Waals surface area contributed by atoms with Gasteiger partial charge in [0.05, 0.1) is 6.33 Å². The molecule has 3 heterocycles. The molecule has 1 aliphatic carbocycles. The molecule has 11 heteroatoms. The normalized spacial score (nSPS) is 19.6. The zero-order valence-corrected chi connectivity index (χ0v) is 14.7. The Balaban J connectivity index is 0.00000210. The van der Waals surface area contributed by atoms with Crippen molar-refractivity contribution in [3.63, 3.8) is 0 Å². The standard InChI is InChI=1S/C16H18ClN5O4.K.H/c17-11-10-12(21-15(18)20-11)22(8-19-10)7-4-9-13(23)25-16(26-14(9)24)5-2-1-3-6-16;;/h8-9H,1-7H2,(H2,18,20,21);;. The molecule has 9 nitrogen and oxygen atoms in total. The number of nitrogen functional groups attached to an aromatic ring is 1. The Hall–Kier alpha value is -0.784. The topological polar surface area (TPSA) is 122 Å². The van der Waals surface area contributed by atoms with Crippen LogP contribution < -0.4 is 5.73 Å². The van der Waals surface area contributed by atoms with Crippen LogP contribution in [0.25, 0.3) is 11.2 Å². The molecule has 1 saturated carbocycles. The van der Waals surface area contributed by atoms with E-state index in [1.807, 2.05) is 0 Å². The Labute approximate surface area is 202 Å². The van der Waals surface area contributed by atoms with Gasteiger partial charge in [0.2, 0.25) is 5.95 Å². The van der Waals surface area contributed by atoms with Crippen molar-refractivity contribution in [3.8, 4) is 0 Å². The number of imidazole rings is 1. The number of nitrogens with two attached hydrogens (primary N) is 1. The second-order valence-electron chi connectivity index (χ2n) is 6.64. The number of rotatable bonds is 3. The molecule has 0 aromatic carbocycles. The molecule has 27 heavy (non-hydrogen) atoms. The molecule has 4 rings (SSSR count). The van der Waals surface area contributed by atoms with Crippen LogP contribution in [0.3, 0.4) is 0 Å². The Kier molecular flexibility index (Phi) is 6.43. The summed E-state index contributed by atoms with van der Waals surface area (Å²) in [5, 5.41) is 0.155. The van der Waals surface area contributed by atoms with Crippen LogP contribution in [0.2, 0.25) is 5.15 Å². The van der Waals surface area contributed by atoms with E-state index < -0.39 is 23.6 Å². The van der Waals surface area contributed by atoms with Gasteiger partial charge in [-0.15, -0.1) is 0 Å². The molecule has 2 N–H and O–H groups in total. The van der Waals surface area contributed by atoms with Gasteiger partial charge in [-0.25, -0.2) is 4.98 Å². The van der Waals surface area contributed by atoms with Gasteiger partial charge in [0, 0.05) is 19.4 Å². The number of nitrogens with zero attached hydrogens (tertiary/aromatic N) is 4. The number of hydrogen-bond donors (Lipinski definition) is 1. The predicted octanol–water partition coefficient (Wildman–Crippen LogP) is 1.18. The molecule has 0 bridgehead atoms. The number of carbonyl (C=O) groups excluding carboxylic acids is 2. The van der Waals surface area contributed by atoms with Gasteiger partial charge in [-0.05, 0) is 19.3 Å². The van der Waals surface area contributed by atoms with Crippen molar-refractivity contribution >= 4 is 92.0 Å². The third-order valence-electron chi connectivity index (χ3n) is 4.85. The second kappa shape index (κ2) is 8.30. The summed E-state index contributed by atoms with van der Waals surface area (Å²) >= 11 is 6.00. The maximum absolute atomic E-state index is 12.4. The van der Waals surface area contributed by atoms with Crippen LogP contribution in [0.15, 0.2) is 6.33 Å². The number of carbonyl (C=O) groups is 2. The number of halogens is 1. The van der Waals surface area contributed by atoms with E-state index >= 15 is 0 Å². The fraction of sp³-hybridized carbons (Fsp3) is 0.562. The molecule has 1 spiro atoms. The molecule has 1 aliphatic heterocycles. The van der Waals surface area contributed by atoms with Crippen molar-refractivity contribution in [2.75, 3.05) is 5.73 Å². The molecule has 2 aliphatic rings. The van der Waals surface area contributed by atoms with Gasteiger partial charge < -0.3 is 19.8 Å². The number of hydrogen-bond acceptors (Lipinski definition) is 8. The second-order valence-corrected chi connectivity index (χ2v) is 7.00. The number of aryl methyl sites for hydroxylation is 1. The quantitative estimate of drug-likeness (QED) is 0.340. The first-order valence-corrected chi connectivity index (χ1v) is 8.95. The summed E-state index contributed by atoms with van der Waals surface area (Å²) in [6.45, 7) is 0.311. The van der Waals surface area contributed by atoms with Crippen LogP contribution in [0.1, 0.15) is 38.5 Å². The van der Waals surface area contributed by atoms with E-state index in [-0.39, 0.29) is 68.9 Å². The van der Waals surface area contributed by atoms with Crippen molar-refractivity contribution in [3.05, 3.63) is 11.5 Å². The zero-order valence-electron chi connectivity index (χ0n) is 14.0. The predicted molar refractivity (Wildman–Crippen MR) is 98.0 cm³/mol. The molecule has 0 amide bonds. The number of anilines is 1. The molecule has 0 atom stereocenters. The van der Waals surface area contributed by atoms with Crippen molar-refractivity contribution in [1.29, 1.82) is 0 Å². The average molecular weight is 420 g/mol. The molecule has 0 unspecified atom stereocenters. The van der Waals surface area contributed by atoms with Crippen LogP contribution in [0, 0.1) is 5.92 Å². The maximum atomic E-state index is 12.4. The number of ether oxygens (including phenoxy) is 2. The summed E-state index contributed by atoms with van der Waals surface area (Å²) < 4.78 is 12.7. The van der Waals surface area contributed by atoms with Crippen LogP contribution in [-0.4, -0.2) is 88.6 Å². The van der Waals surface area contributed by atoms with E-state index in [4.69, 9.17) is 26.8 Å². The van der Waals surface area contributed by atoms with E-state index in [0.717, 1.165) is 19.3 Å². The van der Waals surface area contributed by atoms with Crippen molar-refractivity contribution < 1.29 is 19.1 Å². The Bertz CT molecular complexity index is 863. The SMILES string of the molecule is Nc1nc(Cl)c2ncn(CCC3C(=O)OC4(CCCCC4)OC3=O)c2n1.[KH]. The molecule has 0 radical (unpaired) electrons. The summed E-state index contributed by atoms with van der Waals surface area (Å²) in [5.74, 6) is -3.05. The van der Waals surface area contributed by atoms with E-state index in [0.29, 0.717) is 30.6 Å². The average Bonchev–Trinajstić information content (AvgIpc) is 2.98. The van der Waals surface area contributed by atoms with Crippen LogP contribution >= 0.6 is 11.6 Å². The van der Waals surface area contributed by atoms with E-state index in [1.165, 1.54) is 6.33 Å². The van der Waals surface area contributed by atoms with E-state index in [2.05, 4.69) is 15.0 Å². The Morgan fingerprint density at radius 1 is 1.19 bits per heavy atom. The van der Waals surface area contributed by atoms with E-state index in [9.17, 15) is 9.59 Å². The molecular weight excluding hydrogens is 401 g/mol. The zero-order chi connectivity index (χ0) is 18.3. The van der Waals surface area contributed by atoms with Crippen LogP contribution in [0.5, 0.6) is 0 Å². The number of esters is 2. The molecule has 2 aromatic heterocycles. The van der Waals surface area contributed by atoms with Gasteiger partial charge >= 0.3 is 63.3 Å². The van der Waals surface area contributed by atoms with Crippen LogP contribution in [0.4, 0.5) is 5.95 Å².